The lowest BCUT2D eigenvalue weighted by Gasteiger charge is -2.32. The number of hydrogen-bond acceptors (Lipinski definition) is 4. The second-order valence-electron chi connectivity index (χ2n) is 7.55. The van der Waals surface area contributed by atoms with Gasteiger partial charge >= 0.3 is 0 Å². The molecular weight excluding hydrogens is 544 g/mol. The zero-order valence-electron chi connectivity index (χ0n) is 18.8. The van der Waals surface area contributed by atoms with E-state index < -0.39 is 34.4 Å². The van der Waals surface area contributed by atoms with Crippen LogP contribution in [0.15, 0.2) is 36.4 Å². The van der Waals surface area contributed by atoms with E-state index in [0.29, 0.717) is 33.6 Å². The molecule has 0 fully saturated rings. The molecule has 1 atom stereocenters. The first-order chi connectivity index (χ1) is 15.9. The lowest BCUT2D eigenvalue weighted by Crippen LogP contribution is -2.51. The summed E-state index contributed by atoms with van der Waals surface area (Å²) in [6.45, 7) is 3.16. The van der Waals surface area contributed by atoms with Crippen LogP contribution in [-0.4, -0.2) is 50.5 Å². The van der Waals surface area contributed by atoms with Crippen molar-refractivity contribution in [2.45, 2.75) is 32.9 Å². The molecule has 7 nitrogen and oxygen atoms in total. The maximum absolute atomic E-state index is 13.5. The smallest absolute Gasteiger partial charge is 0.244 e. The van der Waals surface area contributed by atoms with E-state index in [4.69, 9.17) is 46.4 Å². The van der Waals surface area contributed by atoms with E-state index in [2.05, 4.69) is 5.32 Å². The third-order valence-electron chi connectivity index (χ3n) is 4.96. The van der Waals surface area contributed by atoms with Crippen molar-refractivity contribution in [3.63, 3.8) is 0 Å². The van der Waals surface area contributed by atoms with E-state index >= 15 is 0 Å². The average molecular weight is 569 g/mol. The first-order valence-electron chi connectivity index (χ1n) is 10.3. The highest BCUT2D eigenvalue weighted by Gasteiger charge is 2.31. The molecule has 0 bridgehead atoms. The zero-order chi connectivity index (χ0) is 25.6. The second-order valence-corrected chi connectivity index (χ2v) is 11.1. The summed E-state index contributed by atoms with van der Waals surface area (Å²) >= 11 is 24.7. The number of carbonyl (C=O) groups is 2. The summed E-state index contributed by atoms with van der Waals surface area (Å²) in [5.41, 5.74) is 0.519. The first-order valence-corrected chi connectivity index (χ1v) is 13.7. The molecule has 2 aromatic carbocycles. The van der Waals surface area contributed by atoms with Crippen LogP contribution in [-0.2, 0) is 26.2 Å². The number of carbonyl (C=O) groups excluding carboxylic acids is 2. The Morgan fingerprint density at radius 2 is 1.65 bits per heavy atom. The number of anilines is 1. The van der Waals surface area contributed by atoms with Gasteiger partial charge in [0.25, 0.3) is 0 Å². The molecule has 0 saturated carbocycles. The SMILES string of the molecule is CCCNC(=O)[C@H](C)N(Cc1c(Cl)cccc1Cl)C(=O)CN(c1ccc(Cl)cc1Cl)S(C)(=O)=O. The van der Waals surface area contributed by atoms with Gasteiger partial charge in [0.1, 0.15) is 12.6 Å². The fourth-order valence-corrected chi connectivity index (χ4v) is 5.05. The first kappa shape index (κ1) is 28.5. The van der Waals surface area contributed by atoms with Crippen LogP contribution in [0.2, 0.25) is 20.1 Å². The summed E-state index contributed by atoms with van der Waals surface area (Å²) in [4.78, 5) is 27.4. The normalized spacial score (nSPS) is 12.2. The van der Waals surface area contributed by atoms with E-state index in [-0.39, 0.29) is 17.3 Å². The predicted octanol–water partition coefficient (Wildman–Crippen LogP) is 5.01. The Bertz CT molecular complexity index is 1140. The van der Waals surface area contributed by atoms with Crippen LogP contribution in [0.1, 0.15) is 25.8 Å². The van der Waals surface area contributed by atoms with Crippen molar-refractivity contribution in [3.05, 3.63) is 62.1 Å². The summed E-state index contributed by atoms with van der Waals surface area (Å²) in [7, 11) is -3.93. The number of sulfonamides is 1. The molecule has 0 aromatic heterocycles. The maximum atomic E-state index is 13.5. The molecule has 2 rings (SSSR count). The third kappa shape index (κ3) is 7.39. The minimum absolute atomic E-state index is 0.0557. The molecule has 0 saturated heterocycles. The fourth-order valence-electron chi connectivity index (χ4n) is 3.11. The number of rotatable bonds is 10. The molecule has 0 aliphatic heterocycles. The molecule has 1 N–H and O–H groups in total. The van der Waals surface area contributed by atoms with Crippen LogP contribution in [0.4, 0.5) is 5.69 Å². The van der Waals surface area contributed by atoms with Gasteiger partial charge < -0.3 is 10.2 Å². The number of amides is 2. The largest absolute Gasteiger partial charge is 0.354 e. The van der Waals surface area contributed by atoms with Crippen LogP contribution in [0.25, 0.3) is 0 Å². The highest BCUT2D eigenvalue weighted by atomic mass is 35.5. The molecule has 0 aliphatic carbocycles. The number of nitrogens with zero attached hydrogens (tertiary/aromatic N) is 2. The minimum Gasteiger partial charge on any atom is -0.354 e. The molecule has 186 valence electrons. The number of halogens is 4. The molecule has 0 heterocycles. The van der Waals surface area contributed by atoms with Crippen LogP contribution in [0.3, 0.4) is 0 Å². The van der Waals surface area contributed by atoms with Gasteiger partial charge in [-0.2, -0.15) is 0 Å². The van der Waals surface area contributed by atoms with Gasteiger partial charge in [0.05, 0.1) is 17.0 Å². The van der Waals surface area contributed by atoms with Crippen molar-refractivity contribution in [1.82, 2.24) is 10.2 Å². The summed E-state index contributed by atoms with van der Waals surface area (Å²) in [6, 6.07) is 8.20. The van der Waals surface area contributed by atoms with E-state index in [0.717, 1.165) is 10.6 Å². The summed E-state index contributed by atoms with van der Waals surface area (Å²) in [5.74, 6) is -1.04. The van der Waals surface area contributed by atoms with Gasteiger partial charge in [-0.15, -0.1) is 0 Å². The molecule has 0 unspecified atom stereocenters. The molecule has 2 amide bonds. The Morgan fingerprint density at radius 1 is 1.03 bits per heavy atom. The summed E-state index contributed by atoms with van der Waals surface area (Å²) in [6.07, 6.45) is 1.66. The van der Waals surface area contributed by atoms with Crippen LogP contribution >= 0.6 is 46.4 Å². The van der Waals surface area contributed by atoms with E-state index in [1.165, 1.54) is 23.1 Å². The summed E-state index contributed by atoms with van der Waals surface area (Å²) < 4.78 is 26.0. The van der Waals surface area contributed by atoms with E-state index in [9.17, 15) is 18.0 Å². The van der Waals surface area contributed by atoms with Gasteiger partial charge in [0.2, 0.25) is 21.8 Å². The van der Waals surface area contributed by atoms with Gasteiger partial charge in [-0.1, -0.05) is 59.4 Å². The van der Waals surface area contributed by atoms with Crippen molar-refractivity contribution in [1.29, 1.82) is 0 Å². The van der Waals surface area contributed by atoms with E-state index in [1.807, 2.05) is 6.92 Å². The van der Waals surface area contributed by atoms with Crippen LogP contribution in [0.5, 0.6) is 0 Å². The van der Waals surface area contributed by atoms with Gasteiger partial charge in [-0.05, 0) is 43.7 Å². The van der Waals surface area contributed by atoms with Crippen LogP contribution < -0.4 is 9.62 Å². The predicted molar refractivity (Wildman–Crippen MR) is 138 cm³/mol. The quantitative estimate of drug-likeness (QED) is 0.436. The highest BCUT2D eigenvalue weighted by molar-refractivity contribution is 7.92. The molecule has 12 heteroatoms. The fraction of sp³-hybridized carbons (Fsp3) is 0.364. The van der Waals surface area contributed by atoms with Gasteiger partial charge in [0.15, 0.2) is 0 Å². The standard InChI is InChI=1S/C22H25Cl4N3O4S/c1-4-10-27-22(31)14(2)28(12-16-17(24)6-5-7-18(16)25)21(30)13-29(34(3,32)33)20-9-8-15(23)11-19(20)26/h5-9,11,14H,4,10,12-13H2,1-3H3,(H,27,31)/t14-/m0/s1. The lowest BCUT2D eigenvalue weighted by molar-refractivity contribution is -0.139. The Balaban J connectivity index is 2.46. The molecule has 0 aliphatic rings. The Labute approximate surface area is 220 Å². The number of nitrogens with one attached hydrogen (secondary N) is 1. The van der Waals surface area contributed by atoms with Gasteiger partial charge in [0, 0.05) is 33.7 Å². The van der Waals surface area contributed by atoms with Crippen LogP contribution in [0, 0.1) is 0 Å². The topological polar surface area (TPSA) is 86.8 Å². The molecule has 0 radical (unpaired) electrons. The van der Waals surface area contributed by atoms with Crippen molar-refractivity contribution in [2.75, 3.05) is 23.7 Å². The van der Waals surface area contributed by atoms with E-state index in [1.54, 1.807) is 25.1 Å². The maximum Gasteiger partial charge on any atom is 0.244 e. The monoisotopic (exact) mass is 567 g/mol. The zero-order valence-corrected chi connectivity index (χ0v) is 22.7. The molecular formula is C22H25Cl4N3O4S. The Morgan fingerprint density at radius 3 is 2.18 bits per heavy atom. The molecule has 2 aromatic rings. The van der Waals surface area contributed by atoms with Crippen molar-refractivity contribution in [3.8, 4) is 0 Å². The van der Waals surface area contributed by atoms with Gasteiger partial charge in [-0.3, -0.25) is 13.9 Å². The van der Waals surface area contributed by atoms with Crippen molar-refractivity contribution < 1.29 is 18.0 Å². The number of benzene rings is 2. The Kier molecular flexibility index (Phi) is 10.3. The highest BCUT2D eigenvalue weighted by Crippen LogP contribution is 2.31. The van der Waals surface area contributed by atoms with Crippen molar-refractivity contribution in [2.24, 2.45) is 0 Å². The lowest BCUT2D eigenvalue weighted by atomic mass is 10.1. The molecule has 34 heavy (non-hydrogen) atoms. The third-order valence-corrected chi connectivity index (χ3v) is 7.34. The second kappa shape index (κ2) is 12.3. The molecule has 0 spiro atoms. The number of hydrogen-bond donors (Lipinski definition) is 1. The van der Waals surface area contributed by atoms with Crippen molar-refractivity contribution >= 4 is 73.9 Å². The Hall–Kier alpha value is -1.71. The minimum atomic E-state index is -3.93. The summed E-state index contributed by atoms with van der Waals surface area (Å²) in [5, 5.41) is 3.74. The average Bonchev–Trinajstić information content (AvgIpc) is 2.74. The van der Waals surface area contributed by atoms with Gasteiger partial charge in [-0.25, -0.2) is 8.42 Å².